The lowest BCUT2D eigenvalue weighted by molar-refractivity contribution is -0.137. The van der Waals surface area contributed by atoms with E-state index in [1.165, 1.54) is 0 Å². The van der Waals surface area contributed by atoms with Crippen LogP contribution in [0.5, 0.6) is 0 Å². The molecular formula is C17H12BrClF3N3O. The number of nitrogens with one attached hydrogen (secondary N) is 1. The van der Waals surface area contributed by atoms with Crippen LogP contribution in [0.4, 0.5) is 18.9 Å². The van der Waals surface area contributed by atoms with Gasteiger partial charge in [0.2, 0.25) is 0 Å². The normalized spacial score (nSPS) is 11.8. The van der Waals surface area contributed by atoms with Crippen molar-refractivity contribution in [3.05, 3.63) is 63.0 Å². The van der Waals surface area contributed by atoms with E-state index in [0.717, 1.165) is 16.7 Å². The molecule has 1 amide bonds. The maximum atomic E-state index is 13.1. The molecule has 136 valence electrons. The number of para-hydroxylation sites is 1. The van der Waals surface area contributed by atoms with Crippen LogP contribution in [-0.4, -0.2) is 15.3 Å². The minimum Gasteiger partial charge on any atom is -0.320 e. The predicted octanol–water partition coefficient (Wildman–Crippen LogP) is 5.58. The van der Waals surface area contributed by atoms with Gasteiger partial charge in [0.05, 0.1) is 22.0 Å². The van der Waals surface area contributed by atoms with Crippen molar-refractivity contribution in [2.75, 3.05) is 5.32 Å². The molecule has 0 atom stereocenters. The van der Waals surface area contributed by atoms with Crippen LogP contribution in [0.15, 0.2) is 41.0 Å². The topological polar surface area (TPSA) is 46.4 Å². The fraction of sp³-hybridized carbons (Fsp3) is 0.176. The Labute approximate surface area is 160 Å². The predicted molar refractivity (Wildman–Crippen MR) is 96.7 cm³/mol. The number of amides is 1. The van der Waals surface area contributed by atoms with E-state index in [2.05, 4.69) is 26.2 Å². The Balaban J connectivity index is 2.16. The van der Waals surface area contributed by atoms with Crippen molar-refractivity contribution in [1.82, 2.24) is 9.38 Å². The summed E-state index contributed by atoms with van der Waals surface area (Å²) in [7, 11) is 0. The Hall–Kier alpha value is -2.06. The first-order valence-electron chi connectivity index (χ1n) is 7.56. The van der Waals surface area contributed by atoms with Gasteiger partial charge in [-0.15, -0.1) is 0 Å². The molecule has 2 heterocycles. The van der Waals surface area contributed by atoms with Gasteiger partial charge in [-0.1, -0.05) is 30.7 Å². The lowest BCUT2D eigenvalue weighted by Gasteiger charge is -2.11. The van der Waals surface area contributed by atoms with Crippen molar-refractivity contribution >= 4 is 44.8 Å². The van der Waals surface area contributed by atoms with Gasteiger partial charge in [0, 0.05) is 10.7 Å². The number of carbonyl (C=O) groups is 1. The van der Waals surface area contributed by atoms with Crippen molar-refractivity contribution in [2.45, 2.75) is 19.5 Å². The number of fused-ring (bicyclic) bond motifs is 1. The van der Waals surface area contributed by atoms with Crippen molar-refractivity contribution in [2.24, 2.45) is 0 Å². The number of imidazole rings is 1. The van der Waals surface area contributed by atoms with E-state index in [0.29, 0.717) is 22.3 Å². The Kier molecular flexibility index (Phi) is 4.98. The van der Waals surface area contributed by atoms with E-state index in [1.807, 2.05) is 0 Å². The molecule has 0 bridgehead atoms. The molecule has 4 nitrogen and oxygen atoms in total. The fourth-order valence-electron chi connectivity index (χ4n) is 2.54. The highest BCUT2D eigenvalue weighted by Gasteiger charge is 2.33. The molecule has 0 aliphatic heterocycles. The van der Waals surface area contributed by atoms with E-state index >= 15 is 0 Å². The minimum absolute atomic E-state index is 0.0197. The standard InChI is InChI=1S/C17H12BrClF3N3O/c1-2-12-14(16(26)24-13-6-4-3-5-10(13)18)25-8-9(17(20,21)22)7-11(19)15(25)23-12/h3-8H,2H2,1H3,(H,24,26). The molecule has 1 N–H and O–H groups in total. The molecule has 2 aromatic heterocycles. The zero-order valence-electron chi connectivity index (χ0n) is 13.4. The zero-order valence-corrected chi connectivity index (χ0v) is 15.7. The van der Waals surface area contributed by atoms with Crippen LogP contribution in [-0.2, 0) is 12.6 Å². The summed E-state index contributed by atoms with van der Waals surface area (Å²) in [6.07, 6.45) is -3.40. The van der Waals surface area contributed by atoms with Crippen LogP contribution in [0.25, 0.3) is 5.65 Å². The van der Waals surface area contributed by atoms with Gasteiger partial charge in [-0.2, -0.15) is 13.2 Å². The second kappa shape index (κ2) is 6.92. The number of anilines is 1. The van der Waals surface area contributed by atoms with Gasteiger partial charge in [-0.25, -0.2) is 4.98 Å². The second-order valence-corrected chi connectivity index (χ2v) is 6.72. The van der Waals surface area contributed by atoms with Crippen molar-refractivity contribution in [3.63, 3.8) is 0 Å². The summed E-state index contributed by atoms with van der Waals surface area (Å²) in [4.78, 5) is 17.0. The average molecular weight is 447 g/mol. The van der Waals surface area contributed by atoms with Crippen LogP contribution in [0.3, 0.4) is 0 Å². The number of rotatable bonds is 3. The summed E-state index contributed by atoms with van der Waals surface area (Å²) in [5.41, 5.74) is 0.0217. The van der Waals surface area contributed by atoms with Crippen LogP contribution in [0, 0.1) is 0 Å². The molecule has 0 unspecified atom stereocenters. The van der Waals surface area contributed by atoms with Gasteiger partial charge >= 0.3 is 6.18 Å². The second-order valence-electron chi connectivity index (χ2n) is 5.46. The quantitative estimate of drug-likeness (QED) is 0.571. The van der Waals surface area contributed by atoms with E-state index < -0.39 is 17.6 Å². The van der Waals surface area contributed by atoms with Crippen LogP contribution in [0.2, 0.25) is 5.02 Å². The number of aromatic nitrogens is 2. The molecule has 0 aliphatic rings. The molecule has 26 heavy (non-hydrogen) atoms. The molecule has 1 aromatic carbocycles. The molecular weight excluding hydrogens is 435 g/mol. The molecule has 0 radical (unpaired) electrons. The highest BCUT2D eigenvalue weighted by atomic mass is 79.9. The number of nitrogens with zero attached hydrogens (tertiary/aromatic N) is 2. The highest BCUT2D eigenvalue weighted by Crippen LogP contribution is 2.33. The van der Waals surface area contributed by atoms with E-state index in [4.69, 9.17) is 11.6 Å². The number of halogens is 5. The molecule has 0 saturated carbocycles. The van der Waals surface area contributed by atoms with Gasteiger partial charge < -0.3 is 5.32 Å². The molecule has 3 aromatic rings. The summed E-state index contributed by atoms with van der Waals surface area (Å²) in [6, 6.07) is 7.72. The minimum atomic E-state index is -4.59. The van der Waals surface area contributed by atoms with E-state index in [1.54, 1.807) is 31.2 Å². The summed E-state index contributed by atoms with van der Waals surface area (Å²) in [5, 5.41) is 2.51. The number of hydrogen-bond acceptors (Lipinski definition) is 2. The number of benzene rings is 1. The molecule has 0 spiro atoms. The lowest BCUT2D eigenvalue weighted by atomic mass is 10.2. The van der Waals surface area contributed by atoms with Crippen LogP contribution < -0.4 is 5.32 Å². The first-order valence-corrected chi connectivity index (χ1v) is 8.73. The van der Waals surface area contributed by atoms with Gasteiger partial charge in [0.25, 0.3) is 5.91 Å². The smallest absolute Gasteiger partial charge is 0.320 e. The number of carbonyl (C=O) groups excluding carboxylic acids is 1. The third kappa shape index (κ3) is 3.43. The first kappa shape index (κ1) is 18.7. The Morgan fingerprint density at radius 2 is 2.04 bits per heavy atom. The molecule has 0 saturated heterocycles. The summed E-state index contributed by atoms with van der Waals surface area (Å²) < 4.78 is 41.1. The third-order valence-electron chi connectivity index (χ3n) is 3.75. The number of pyridine rings is 1. The fourth-order valence-corrected chi connectivity index (χ4v) is 3.17. The van der Waals surface area contributed by atoms with Gasteiger partial charge in [-0.3, -0.25) is 9.20 Å². The van der Waals surface area contributed by atoms with Crippen molar-refractivity contribution in [1.29, 1.82) is 0 Å². The molecule has 3 rings (SSSR count). The Bertz CT molecular complexity index is 1000. The van der Waals surface area contributed by atoms with E-state index in [9.17, 15) is 18.0 Å². The summed E-state index contributed by atoms with van der Waals surface area (Å²) in [6.45, 7) is 1.76. The largest absolute Gasteiger partial charge is 0.417 e. The lowest BCUT2D eigenvalue weighted by Crippen LogP contribution is -2.17. The number of alkyl halides is 3. The summed E-state index contributed by atoms with van der Waals surface area (Å²) in [5.74, 6) is -0.573. The molecule has 9 heteroatoms. The maximum absolute atomic E-state index is 13.1. The third-order valence-corrected chi connectivity index (χ3v) is 4.72. The SMILES string of the molecule is CCc1nc2c(Cl)cc(C(F)(F)F)cn2c1C(=O)Nc1ccccc1Br. The maximum Gasteiger partial charge on any atom is 0.417 e. The van der Waals surface area contributed by atoms with Crippen molar-refractivity contribution in [3.8, 4) is 0 Å². The molecule has 0 fully saturated rings. The van der Waals surface area contributed by atoms with Crippen LogP contribution in [0.1, 0.15) is 28.7 Å². The highest BCUT2D eigenvalue weighted by molar-refractivity contribution is 9.10. The zero-order chi connectivity index (χ0) is 19.1. The first-order chi connectivity index (χ1) is 12.2. The summed E-state index contributed by atoms with van der Waals surface area (Å²) >= 11 is 9.29. The average Bonchev–Trinajstić information content (AvgIpc) is 2.95. The monoisotopic (exact) mass is 445 g/mol. The molecule has 0 aliphatic carbocycles. The number of aryl methyl sites for hydroxylation is 1. The van der Waals surface area contributed by atoms with E-state index in [-0.39, 0.29) is 16.4 Å². The van der Waals surface area contributed by atoms with Crippen molar-refractivity contribution < 1.29 is 18.0 Å². The Morgan fingerprint density at radius 3 is 2.65 bits per heavy atom. The van der Waals surface area contributed by atoms with Gasteiger partial charge in [0.15, 0.2) is 5.65 Å². The Morgan fingerprint density at radius 1 is 1.35 bits per heavy atom. The number of hydrogen-bond donors (Lipinski definition) is 1. The van der Waals surface area contributed by atoms with Gasteiger partial charge in [-0.05, 0) is 40.5 Å². The van der Waals surface area contributed by atoms with Gasteiger partial charge in [0.1, 0.15) is 5.69 Å². The van der Waals surface area contributed by atoms with Crippen LogP contribution >= 0.6 is 27.5 Å².